The van der Waals surface area contributed by atoms with Gasteiger partial charge in [-0.3, -0.25) is 14.1 Å². The first-order valence-electron chi connectivity index (χ1n) is 4.31. The molecule has 0 spiro atoms. The van der Waals surface area contributed by atoms with E-state index in [0.29, 0.717) is 0 Å². The fourth-order valence-electron chi connectivity index (χ4n) is 1.12. The Balaban J connectivity index is 0. The molecule has 11 heteroatoms. The van der Waals surface area contributed by atoms with E-state index in [1.807, 2.05) is 0 Å². The van der Waals surface area contributed by atoms with E-state index in [0.717, 1.165) is 0 Å². The monoisotopic (exact) mass is 307 g/mol. The average molecular weight is 307 g/mol. The van der Waals surface area contributed by atoms with Gasteiger partial charge in [0.2, 0.25) is 0 Å². The second-order valence-electron chi connectivity index (χ2n) is 3.36. The second-order valence-corrected chi connectivity index (χ2v) is 7.37. The van der Waals surface area contributed by atoms with Gasteiger partial charge >= 0.3 is 44.7 Å². The summed E-state index contributed by atoms with van der Waals surface area (Å²) in [6.45, 7) is 0. The van der Waals surface area contributed by atoms with Gasteiger partial charge in [0.25, 0.3) is 5.08 Å². The molecule has 18 heavy (non-hydrogen) atoms. The van der Waals surface area contributed by atoms with Crippen molar-refractivity contribution < 1.29 is 64.8 Å². The number of rotatable bonds is 4. The molecule has 0 aliphatic heterocycles. The zero-order valence-corrected chi connectivity index (χ0v) is 13.2. The van der Waals surface area contributed by atoms with Gasteiger partial charge in [0, 0.05) is 18.3 Å². The molecule has 0 saturated carbocycles. The summed E-state index contributed by atoms with van der Waals surface area (Å²) >= 11 is 0. The quantitative estimate of drug-likeness (QED) is 0.287. The molecule has 0 aliphatic carbocycles. The zero-order valence-electron chi connectivity index (χ0n) is 10.4. The van der Waals surface area contributed by atoms with Gasteiger partial charge in [-0.2, -0.15) is 0 Å². The molecule has 0 unspecified atom stereocenters. The van der Waals surface area contributed by atoms with E-state index in [4.69, 9.17) is 19.6 Å². The van der Waals surface area contributed by atoms with E-state index in [2.05, 4.69) is 4.98 Å². The number of aliphatic hydroxyl groups is 1. The largest absolute Gasteiger partial charge is 1.00 e. The molecule has 1 aromatic rings. The Hall–Kier alpha value is 0.410. The number of aromatic nitrogens is 1. The number of hydrogen-bond donors (Lipinski definition) is 5. The maximum atomic E-state index is 11.0. The molecule has 0 radical (unpaired) electrons. The molecular weight excluding hydrogens is 295 g/mol. The predicted octanol–water partition coefficient (Wildman–Crippen LogP) is -3.26. The van der Waals surface area contributed by atoms with E-state index in [1.165, 1.54) is 24.4 Å². The van der Waals surface area contributed by atoms with Crippen LogP contribution in [0.2, 0.25) is 0 Å². The first kappa shape index (κ1) is 18.4. The Morgan fingerprint density at radius 3 is 2.00 bits per heavy atom. The Kier molecular flexibility index (Phi) is 6.38. The van der Waals surface area contributed by atoms with Gasteiger partial charge < -0.3 is 26.1 Å². The van der Waals surface area contributed by atoms with Gasteiger partial charge in [0.1, 0.15) is 0 Å². The van der Waals surface area contributed by atoms with Gasteiger partial charge in [-0.1, -0.05) is 6.07 Å². The molecule has 1 heterocycles. The first-order valence-corrected chi connectivity index (χ1v) is 7.54. The van der Waals surface area contributed by atoms with Crippen molar-refractivity contribution in [3.63, 3.8) is 0 Å². The summed E-state index contributed by atoms with van der Waals surface area (Å²) < 4.78 is 22.1. The smallest absolute Gasteiger partial charge is 1.00 e. The van der Waals surface area contributed by atoms with E-state index in [-0.39, 0.29) is 36.7 Å². The summed E-state index contributed by atoms with van der Waals surface area (Å²) in [4.78, 5) is 39.1. The molecule has 0 saturated heterocycles. The fourth-order valence-corrected chi connectivity index (χ4v) is 3.21. The van der Waals surface area contributed by atoms with Crippen LogP contribution in [0, 0.1) is 0 Å². The Labute approximate surface area is 126 Å². The summed E-state index contributed by atoms with van der Waals surface area (Å²) in [6, 6.07) is 4.26. The third-order valence-electron chi connectivity index (χ3n) is 2.08. The Bertz CT molecular complexity index is 467. The van der Waals surface area contributed by atoms with Crippen LogP contribution in [-0.2, 0) is 15.6 Å². The molecular formula is C7H12NNaO7P2. The first-order chi connectivity index (χ1) is 7.58. The van der Waals surface area contributed by atoms with E-state index < -0.39 is 26.7 Å². The van der Waals surface area contributed by atoms with Crippen LogP contribution in [0.1, 0.15) is 7.12 Å². The standard InChI is InChI=1S/C7H11NO7P2.Na.H/c9-7(16(10,11)12,17(13,14)15)5-6-3-1-2-4-8-6;;/h1-4,9H,5H2,(H2,10,11,12)(H2,13,14,15);;/q;+1;-1. The SMILES string of the molecule is O=P(O)(O)C(O)(Cc1ccccn1)P(=O)(O)O.[H-].[Na+]. The molecule has 0 amide bonds. The van der Waals surface area contributed by atoms with Crippen LogP contribution >= 0.6 is 15.2 Å². The minimum atomic E-state index is -5.42. The molecule has 0 bridgehead atoms. The maximum Gasteiger partial charge on any atom is 1.00 e. The van der Waals surface area contributed by atoms with Crippen molar-refractivity contribution in [2.24, 2.45) is 0 Å². The minimum absolute atomic E-state index is 0. The molecule has 0 aromatic carbocycles. The Morgan fingerprint density at radius 1 is 1.17 bits per heavy atom. The molecule has 98 valence electrons. The minimum Gasteiger partial charge on any atom is -1.00 e. The number of nitrogens with zero attached hydrogens (tertiary/aromatic N) is 1. The van der Waals surface area contributed by atoms with E-state index >= 15 is 0 Å². The van der Waals surface area contributed by atoms with Crippen molar-refractivity contribution in [2.75, 3.05) is 0 Å². The van der Waals surface area contributed by atoms with Crippen molar-refractivity contribution in [2.45, 2.75) is 11.5 Å². The van der Waals surface area contributed by atoms with Crippen molar-refractivity contribution >= 4 is 15.2 Å². The van der Waals surface area contributed by atoms with Crippen LogP contribution < -0.4 is 29.6 Å². The topological polar surface area (TPSA) is 148 Å². The van der Waals surface area contributed by atoms with Gasteiger partial charge in [-0.15, -0.1) is 0 Å². The molecule has 5 N–H and O–H groups in total. The molecule has 1 aromatic heterocycles. The fraction of sp³-hybridized carbons (Fsp3) is 0.286. The predicted molar refractivity (Wildman–Crippen MR) is 58.1 cm³/mol. The van der Waals surface area contributed by atoms with Crippen molar-refractivity contribution in [3.05, 3.63) is 30.1 Å². The molecule has 0 fully saturated rings. The summed E-state index contributed by atoms with van der Waals surface area (Å²) in [7, 11) is -10.8. The van der Waals surface area contributed by atoms with Crippen molar-refractivity contribution in [1.29, 1.82) is 0 Å². The number of hydrogen-bond acceptors (Lipinski definition) is 4. The van der Waals surface area contributed by atoms with Crippen LogP contribution in [0.25, 0.3) is 0 Å². The molecule has 0 aliphatic rings. The summed E-state index contributed by atoms with van der Waals surface area (Å²) in [5.74, 6) is 0. The van der Waals surface area contributed by atoms with Gasteiger partial charge in [0.15, 0.2) is 0 Å². The van der Waals surface area contributed by atoms with Gasteiger partial charge in [-0.25, -0.2) is 0 Å². The van der Waals surface area contributed by atoms with E-state index in [1.54, 1.807) is 0 Å². The van der Waals surface area contributed by atoms with Gasteiger partial charge in [0.05, 0.1) is 0 Å². The van der Waals surface area contributed by atoms with Crippen LogP contribution in [0.5, 0.6) is 0 Å². The number of pyridine rings is 1. The maximum absolute atomic E-state index is 11.0. The van der Waals surface area contributed by atoms with Crippen LogP contribution in [0.15, 0.2) is 24.4 Å². The third kappa shape index (κ3) is 3.95. The van der Waals surface area contributed by atoms with Crippen molar-refractivity contribution in [1.82, 2.24) is 4.98 Å². The zero-order chi connectivity index (χ0) is 13.3. The molecule has 1 rings (SSSR count). The van der Waals surface area contributed by atoms with Crippen LogP contribution in [0.4, 0.5) is 0 Å². The van der Waals surface area contributed by atoms with Crippen molar-refractivity contribution in [3.8, 4) is 0 Å². The Morgan fingerprint density at radius 2 is 1.67 bits per heavy atom. The third-order valence-corrected chi connectivity index (χ3v) is 5.82. The van der Waals surface area contributed by atoms with E-state index in [9.17, 15) is 14.2 Å². The second kappa shape index (κ2) is 6.24. The summed E-state index contributed by atoms with van der Waals surface area (Å²) in [6.07, 6.45) is 0.331. The summed E-state index contributed by atoms with van der Waals surface area (Å²) in [5, 5.41) is 6.12. The molecule has 0 atom stereocenters. The normalized spacial score (nSPS) is 12.9. The van der Waals surface area contributed by atoms with Crippen LogP contribution in [-0.4, -0.2) is 34.7 Å². The van der Waals surface area contributed by atoms with Crippen LogP contribution in [0.3, 0.4) is 0 Å². The average Bonchev–Trinajstić information content (AvgIpc) is 2.15. The summed E-state index contributed by atoms with van der Waals surface area (Å²) in [5.41, 5.74) is -0.0401. The van der Waals surface area contributed by atoms with Gasteiger partial charge in [-0.05, 0) is 12.1 Å². The molecule has 8 nitrogen and oxygen atoms in total.